The maximum atomic E-state index is 11.1. The Morgan fingerprint density at radius 2 is 2.17 bits per heavy atom. The van der Waals surface area contributed by atoms with E-state index < -0.39 is 5.97 Å². The lowest BCUT2D eigenvalue weighted by atomic mass is 10.3. The highest BCUT2D eigenvalue weighted by Crippen LogP contribution is 1.95. The first-order valence-corrected chi connectivity index (χ1v) is 3.64. The second-order valence-corrected chi connectivity index (χ2v) is 2.47. The maximum Gasteiger partial charge on any atom is 0.323 e. The molecule has 0 unspecified atom stereocenters. The van der Waals surface area contributed by atoms with Crippen LogP contribution in [0.3, 0.4) is 0 Å². The predicted octanol–water partition coefficient (Wildman–Crippen LogP) is 0.496. The number of hydrogen-bond acceptors (Lipinski definition) is 2. The number of rotatable bonds is 5. The molecule has 0 radical (unpaired) electrons. The zero-order valence-corrected chi connectivity index (χ0v) is 7.12. The number of aliphatic carboxylic acids is 1. The Morgan fingerprint density at radius 1 is 1.58 bits per heavy atom. The number of amides is 1. The lowest BCUT2D eigenvalue weighted by Crippen LogP contribution is -2.31. The molecule has 68 valence electrons. The van der Waals surface area contributed by atoms with Crippen molar-refractivity contribution in [2.75, 3.05) is 13.6 Å². The van der Waals surface area contributed by atoms with Crippen LogP contribution in [0.4, 0.5) is 0 Å². The van der Waals surface area contributed by atoms with Crippen LogP contribution in [-0.4, -0.2) is 35.5 Å². The van der Waals surface area contributed by atoms with Crippen LogP contribution in [0.5, 0.6) is 0 Å². The standard InChI is InChI=1S/C8H13NO3/c1-3-4-5-7(10)9(2)6-8(11)12/h3H,1,4-6H2,2H3,(H,11,12). The van der Waals surface area contributed by atoms with Gasteiger partial charge >= 0.3 is 5.97 Å². The number of carboxylic acids is 1. The highest BCUT2D eigenvalue weighted by molar-refractivity contribution is 5.81. The number of carbonyl (C=O) groups excluding carboxylic acids is 1. The number of hydrogen-bond donors (Lipinski definition) is 1. The molecule has 0 aromatic rings. The van der Waals surface area contributed by atoms with Gasteiger partial charge in [0.25, 0.3) is 0 Å². The number of nitrogens with zero attached hydrogens (tertiary/aromatic N) is 1. The van der Waals surface area contributed by atoms with E-state index in [1.165, 1.54) is 11.9 Å². The van der Waals surface area contributed by atoms with Gasteiger partial charge in [-0.1, -0.05) is 6.08 Å². The van der Waals surface area contributed by atoms with E-state index in [9.17, 15) is 9.59 Å². The van der Waals surface area contributed by atoms with Gasteiger partial charge in [-0.15, -0.1) is 6.58 Å². The molecular weight excluding hydrogens is 158 g/mol. The molecule has 12 heavy (non-hydrogen) atoms. The Hall–Kier alpha value is -1.32. The van der Waals surface area contributed by atoms with Crippen LogP contribution >= 0.6 is 0 Å². The van der Waals surface area contributed by atoms with E-state index in [-0.39, 0.29) is 12.5 Å². The lowest BCUT2D eigenvalue weighted by Gasteiger charge is -2.13. The molecule has 0 aliphatic heterocycles. The fourth-order valence-corrected chi connectivity index (χ4v) is 0.707. The molecule has 0 aliphatic carbocycles. The van der Waals surface area contributed by atoms with E-state index >= 15 is 0 Å². The Kier molecular flexibility index (Phi) is 4.76. The number of likely N-dealkylation sites (N-methyl/N-ethyl adjacent to an activating group) is 1. The molecular formula is C8H13NO3. The molecule has 1 amide bonds. The predicted molar refractivity (Wildman–Crippen MR) is 44.7 cm³/mol. The van der Waals surface area contributed by atoms with Crippen molar-refractivity contribution in [3.8, 4) is 0 Å². The fourth-order valence-electron chi connectivity index (χ4n) is 0.707. The van der Waals surface area contributed by atoms with Gasteiger partial charge in [0, 0.05) is 13.5 Å². The second-order valence-electron chi connectivity index (χ2n) is 2.47. The summed E-state index contributed by atoms with van der Waals surface area (Å²) >= 11 is 0. The van der Waals surface area contributed by atoms with Crippen molar-refractivity contribution >= 4 is 11.9 Å². The number of allylic oxidation sites excluding steroid dienone is 1. The van der Waals surface area contributed by atoms with Gasteiger partial charge in [-0.25, -0.2) is 0 Å². The van der Waals surface area contributed by atoms with Gasteiger partial charge in [0.2, 0.25) is 5.91 Å². The van der Waals surface area contributed by atoms with Crippen LogP contribution in [0, 0.1) is 0 Å². The molecule has 4 heteroatoms. The summed E-state index contributed by atoms with van der Waals surface area (Å²) in [5.41, 5.74) is 0. The van der Waals surface area contributed by atoms with Crippen LogP contribution in [0.2, 0.25) is 0 Å². The zero-order chi connectivity index (χ0) is 9.56. The quantitative estimate of drug-likeness (QED) is 0.612. The Balaban J connectivity index is 3.76. The average Bonchev–Trinajstić information content (AvgIpc) is 1.98. The molecule has 0 aromatic heterocycles. The van der Waals surface area contributed by atoms with Crippen molar-refractivity contribution in [3.63, 3.8) is 0 Å². The summed E-state index contributed by atoms with van der Waals surface area (Å²) in [6, 6.07) is 0. The summed E-state index contributed by atoms with van der Waals surface area (Å²) in [5.74, 6) is -1.17. The summed E-state index contributed by atoms with van der Waals surface area (Å²) in [5, 5.41) is 8.34. The highest BCUT2D eigenvalue weighted by atomic mass is 16.4. The third kappa shape index (κ3) is 4.49. The molecule has 0 saturated carbocycles. The van der Waals surface area contributed by atoms with E-state index in [4.69, 9.17) is 5.11 Å². The van der Waals surface area contributed by atoms with Gasteiger partial charge in [-0.3, -0.25) is 9.59 Å². The van der Waals surface area contributed by atoms with Crippen LogP contribution in [0.25, 0.3) is 0 Å². The fraction of sp³-hybridized carbons (Fsp3) is 0.500. The molecule has 0 fully saturated rings. The van der Waals surface area contributed by atoms with E-state index in [0.717, 1.165) is 0 Å². The van der Waals surface area contributed by atoms with Gasteiger partial charge in [0.1, 0.15) is 6.54 Å². The topological polar surface area (TPSA) is 57.6 Å². The molecule has 4 nitrogen and oxygen atoms in total. The Bertz CT molecular complexity index is 189. The summed E-state index contributed by atoms with van der Waals surface area (Å²) in [7, 11) is 1.47. The summed E-state index contributed by atoms with van der Waals surface area (Å²) in [6.07, 6.45) is 2.54. The average molecular weight is 171 g/mol. The summed E-state index contributed by atoms with van der Waals surface area (Å²) < 4.78 is 0. The molecule has 0 rings (SSSR count). The molecule has 0 saturated heterocycles. The second kappa shape index (κ2) is 5.35. The van der Waals surface area contributed by atoms with Gasteiger partial charge in [-0.05, 0) is 6.42 Å². The van der Waals surface area contributed by atoms with Gasteiger partial charge in [0.05, 0.1) is 0 Å². The van der Waals surface area contributed by atoms with Crippen molar-refractivity contribution in [1.82, 2.24) is 4.90 Å². The first kappa shape index (κ1) is 10.7. The van der Waals surface area contributed by atoms with E-state index in [2.05, 4.69) is 6.58 Å². The first-order chi connectivity index (χ1) is 5.57. The third-order valence-electron chi connectivity index (χ3n) is 1.36. The summed E-state index contributed by atoms with van der Waals surface area (Å²) in [4.78, 5) is 22.4. The number of carboxylic acid groups (broad SMARTS) is 1. The molecule has 0 aromatic carbocycles. The normalized spacial score (nSPS) is 9.08. The smallest absolute Gasteiger partial charge is 0.323 e. The minimum Gasteiger partial charge on any atom is -0.480 e. The molecule has 1 N–H and O–H groups in total. The Morgan fingerprint density at radius 3 is 2.58 bits per heavy atom. The molecule has 0 atom stereocenters. The van der Waals surface area contributed by atoms with Gasteiger partial charge < -0.3 is 10.0 Å². The molecule has 0 heterocycles. The third-order valence-corrected chi connectivity index (χ3v) is 1.36. The van der Waals surface area contributed by atoms with Gasteiger partial charge in [0.15, 0.2) is 0 Å². The van der Waals surface area contributed by atoms with Crippen LogP contribution in [0.1, 0.15) is 12.8 Å². The van der Waals surface area contributed by atoms with Crippen molar-refractivity contribution in [3.05, 3.63) is 12.7 Å². The molecule has 0 spiro atoms. The highest BCUT2D eigenvalue weighted by Gasteiger charge is 2.10. The van der Waals surface area contributed by atoms with Crippen LogP contribution in [0.15, 0.2) is 12.7 Å². The van der Waals surface area contributed by atoms with Crippen LogP contribution in [-0.2, 0) is 9.59 Å². The minimum absolute atomic E-state index is 0.169. The lowest BCUT2D eigenvalue weighted by molar-refractivity contribution is -0.143. The van der Waals surface area contributed by atoms with Crippen molar-refractivity contribution in [1.29, 1.82) is 0 Å². The van der Waals surface area contributed by atoms with E-state index in [0.29, 0.717) is 12.8 Å². The maximum absolute atomic E-state index is 11.1. The Labute approximate surface area is 71.5 Å². The van der Waals surface area contributed by atoms with Crippen LogP contribution < -0.4 is 0 Å². The summed E-state index contributed by atoms with van der Waals surface area (Å²) in [6.45, 7) is 3.23. The largest absolute Gasteiger partial charge is 0.480 e. The minimum atomic E-state index is -0.996. The van der Waals surface area contributed by atoms with E-state index in [1.807, 2.05) is 0 Å². The van der Waals surface area contributed by atoms with Crippen molar-refractivity contribution in [2.45, 2.75) is 12.8 Å². The first-order valence-electron chi connectivity index (χ1n) is 3.64. The zero-order valence-electron chi connectivity index (χ0n) is 7.12. The monoisotopic (exact) mass is 171 g/mol. The van der Waals surface area contributed by atoms with Crippen molar-refractivity contribution < 1.29 is 14.7 Å². The molecule has 0 bridgehead atoms. The van der Waals surface area contributed by atoms with E-state index in [1.54, 1.807) is 6.08 Å². The SMILES string of the molecule is C=CCCC(=O)N(C)CC(=O)O. The van der Waals surface area contributed by atoms with Gasteiger partial charge in [-0.2, -0.15) is 0 Å². The number of carbonyl (C=O) groups is 2. The van der Waals surface area contributed by atoms with Crippen molar-refractivity contribution in [2.24, 2.45) is 0 Å². The molecule has 0 aliphatic rings.